The second kappa shape index (κ2) is 7.00. The van der Waals surface area contributed by atoms with Gasteiger partial charge in [0.1, 0.15) is 5.69 Å². The molecule has 0 unspecified atom stereocenters. The Morgan fingerprint density at radius 3 is 2.46 bits per heavy atom. The minimum absolute atomic E-state index is 0.107. The predicted octanol–water partition coefficient (Wildman–Crippen LogP) is 5.60. The van der Waals surface area contributed by atoms with Crippen LogP contribution < -0.4 is 9.62 Å². The van der Waals surface area contributed by atoms with Gasteiger partial charge in [-0.15, -0.1) is 0 Å². The molecule has 4 nitrogen and oxygen atoms in total. The van der Waals surface area contributed by atoms with Crippen LogP contribution in [-0.2, 0) is 6.18 Å². The molecule has 10 heteroatoms. The monoisotopic (exact) mass is 396 g/mol. The molecule has 0 aliphatic heterocycles. The largest absolute Gasteiger partial charge is 0.504 e. The minimum Gasteiger partial charge on any atom is -0.504 e. The van der Waals surface area contributed by atoms with Crippen LogP contribution in [-0.4, -0.2) is 11.1 Å². The van der Waals surface area contributed by atoms with Crippen LogP contribution in [0.3, 0.4) is 0 Å². The summed E-state index contributed by atoms with van der Waals surface area (Å²) in [5.41, 5.74) is -1.66. The SMILES string of the molecule is O=C(Nc1ccccc1C(F)(F)F)N(S)c1cc(Cl)cc(Cl)c1O. The van der Waals surface area contributed by atoms with Gasteiger partial charge < -0.3 is 10.4 Å². The maximum atomic E-state index is 12.9. The zero-order valence-electron chi connectivity index (χ0n) is 11.6. The number of thiol groups is 1. The molecule has 0 atom stereocenters. The van der Waals surface area contributed by atoms with Crippen molar-refractivity contribution in [3.63, 3.8) is 0 Å². The quantitative estimate of drug-likeness (QED) is 0.578. The smallest absolute Gasteiger partial charge is 0.418 e. The van der Waals surface area contributed by atoms with E-state index in [-0.39, 0.29) is 15.7 Å². The van der Waals surface area contributed by atoms with E-state index >= 15 is 0 Å². The number of rotatable bonds is 2. The second-order valence-electron chi connectivity index (χ2n) is 4.54. The standard InChI is InChI=1S/C14H9Cl2F3N2O2S/c15-7-5-9(16)12(22)11(6-7)21(24)13(23)20-10-4-2-1-3-8(10)14(17,18)19/h1-6,22,24H,(H,20,23). The van der Waals surface area contributed by atoms with Gasteiger partial charge in [0.15, 0.2) is 5.75 Å². The Morgan fingerprint density at radius 1 is 1.21 bits per heavy atom. The summed E-state index contributed by atoms with van der Waals surface area (Å²) in [5, 5.41) is 11.9. The number of benzene rings is 2. The van der Waals surface area contributed by atoms with Crippen LogP contribution in [0.4, 0.5) is 29.3 Å². The Morgan fingerprint density at radius 2 is 1.83 bits per heavy atom. The lowest BCUT2D eigenvalue weighted by Crippen LogP contribution is -2.28. The number of hydrogen-bond donors (Lipinski definition) is 3. The second-order valence-corrected chi connectivity index (χ2v) is 5.78. The molecule has 2 rings (SSSR count). The molecule has 0 heterocycles. The number of nitrogens with zero attached hydrogens (tertiary/aromatic N) is 1. The number of urea groups is 1. The summed E-state index contributed by atoms with van der Waals surface area (Å²) < 4.78 is 39.4. The Hall–Kier alpha value is -1.77. The molecule has 0 radical (unpaired) electrons. The van der Waals surface area contributed by atoms with Crippen molar-refractivity contribution in [2.24, 2.45) is 0 Å². The van der Waals surface area contributed by atoms with Crippen molar-refractivity contribution in [3.8, 4) is 5.75 Å². The fourth-order valence-corrected chi connectivity index (χ4v) is 2.52. The molecule has 0 saturated carbocycles. The number of para-hydroxylation sites is 1. The Bertz CT molecular complexity index is 787. The van der Waals surface area contributed by atoms with Gasteiger partial charge in [0.2, 0.25) is 0 Å². The van der Waals surface area contributed by atoms with Crippen LogP contribution in [0.15, 0.2) is 36.4 Å². The number of alkyl halides is 3. The number of hydrogen-bond acceptors (Lipinski definition) is 3. The van der Waals surface area contributed by atoms with Gasteiger partial charge in [-0.05, 0) is 24.3 Å². The number of amides is 2. The molecule has 2 aromatic rings. The van der Waals surface area contributed by atoms with Gasteiger partial charge >= 0.3 is 12.2 Å². The number of carbonyl (C=O) groups excluding carboxylic acids is 1. The molecule has 0 saturated heterocycles. The molecule has 0 bridgehead atoms. The lowest BCUT2D eigenvalue weighted by molar-refractivity contribution is -0.136. The van der Waals surface area contributed by atoms with E-state index in [0.29, 0.717) is 4.31 Å². The summed E-state index contributed by atoms with van der Waals surface area (Å²) in [5.74, 6) is -0.490. The number of halogens is 5. The van der Waals surface area contributed by atoms with E-state index < -0.39 is 29.2 Å². The molecule has 0 aromatic heterocycles. The first-order valence-electron chi connectivity index (χ1n) is 6.25. The number of aromatic hydroxyl groups is 1. The Balaban J connectivity index is 2.32. The Kier molecular flexibility index (Phi) is 5.42. The fraction of sp³-hybridized carbons (Fsp3) is 0.0714. The molecule has 0 aliphatic carbocycles. The van der Waals surface area contributed by atoms with E-state index in [2.05, 4.69) is 18.1 Å². The number of phenols is 1. The van der Waals surface area contributed by atoms with E-state index in [9.17, 15) is 23.1 Å². The third-order valence-corrected chi connectivity index (χ3v) is 3.81. The first kappa shape index (κ1) is 18.6. The molecule has 2 amide bonds. The maximum absolute atomic E-state index is 12.9. The highest BCUT2D eigenvalue weighted by Gasteiger charge is 2.34. The molecule has 2 N–H and O–H groups in total. The molecule has 24 heavy (non-hydrogen) atoms. The zero-order valence-corrected chi connectivity index (χ0v) is 14.0. The van der Waals surface area contributed by atoms with Crippen molar-refractivity contribution >= 4 is 53.4 Å². The van der Waals surface area contributed by atoms with Gasteiger partial charge in [0.05, 0.1) is 16.3 Å². The molecule has 0 aliphatic rings. The first-order chi connectivity index (χ1) is 11.1. The van der Waals surface area contributed by atoms with Crippen molar-refractivity contribution in [1.29, 1.82) is 0 Å². The lowest BCUT2D eigenvalue weighted by atomic mass is 10.1. The van der Waals surface area contributed by atoms with E-state index in [4.69, 9.17) is 23.2 Å². The third kappa shape index (κ3) is 4.00. The number of anilines is 2. The lowest BCUT2D eigenvalue weighted by Gasteiger charge is -2.20. The van der Waals surface area contributed by atoms with Crippen molar-refractivity contribution in [2.75, 3.05) is 9.62 Å². The average molecular weight is 397 g/mol. The van der Waals surface area contributed by atoms with Crippen molar-refractivity contribution in [3.05, 3.63) is 52.0 Å². The van der Waals surface area contributed by atoms with Gasteiger partial charge in [0.25, 0.3) is 0 Å². The summed E-state index contributed by atoms with van der Waals surface area (Å²) in [6.07, 6.45) is -4.65. The highest BCUT2D eigenvalue weighted by molar-refractivity contribution is 7.82. The van der Waals surface area contributed by atoms with E-state index in [1.807, 2.05) is 0 Å². The van der Waals surface area contributed by atoms with E-state index in [0.717, 1.165) is 12.1 Å². The molecule has 128 valence electrons. The summed E-state index contributed by atoms with van der Waals surface area (Å²) >= 11 is 15.4. The van der Waals surface area contributed by atoms with Crippen molar-refractivity contribution in [1.82, 2.24) is 0 Å². The van der Waals surface area contributed by atoms with Crippen LogP contribution in [0, 0.1) is 0 Å². The topological polar surface area (TPSA) is 52.6 Å². The molecule has 0 fully saturated rings. The van der Waals surface area contributed by atoms with Crippen LogP contribution in [0.2, 0.25) is 10.0 Å². The molecular weight excluding hydrogens is 388 g/mol. The number of carbonyl (C=O) groups is 1. The summed E-state index contributed by atoms with van der Waals surface area (Å²) in [7, 11) is 0. The third-order valence-electron chi connectivity index (χ3n) is 2.90. The van der Waals surface area contributed by atoms with Gasteiger partial charge in [-0.1, -0.05) is 48.1 Å². The highest BCUT2D eigenvalue weighted by atomic mass is 35.5. The van der Waals surface area contributed by atoms with Crippen LogP contribution in [0.1, 0.15) is 5.56 Å². The summed E-state index contributed by atoms with van der Waals surface area (Å²) in [6, 6.07) is 5.83. The highest BCUT2D eigenvalue weighted by Crippen LogP contribution is 2.39. The number of nitrogens with one attached hydrogen (secondary N) is 1. The van der Waals surface area contributed by atoms with Gasteiger partial charge in [-0.2, -0.15) is 13.2 Å². The van der Waals surface area contributed by atoms with E-state index in [1.165, 1.54) is 24.3 Å². The minimum atomic E-state index is -4.65. The fourth-order valence-electron chi connectivity index (χ4n) is 1.83. The summed E-state index contributed by atoms with van der Waals surface area (Å²) in [6.45, 7) is 0. The molecule has 2 aromatic carbocycles. The molecule has 0 spiro atoms. The Labute approximate surface area is 150 Å². The first-order valence-corrected chi connectivity index (χ1v) is 7.41. The van der Waals surface area contributed by atoms with Gasteiger partial charge in [-0.25, -0.2) is 9.10 Å². The van der Waals surface area contributed by atoms with Crippen molar-refractivity contribution < 1.29 is 23.1 Å². The van der Waals surface area contributed by atoms with E-state index in [1.54, 1.807) is 0 Å². The van der Waals surface area contributed by atoms with Crippen LogP contribution in [0.5, 0.6) is 5.75 Å². The zero-order chi connectivity index (χ0) is 18.1. The average Bonchev–Trinajstić information content (AvgIpc) is 2.49. The van der Waals surface area contributed by atoms with Crippen LogP contribution in [0.25, 0.3) is 0 Å². The molecular formula is C14H9Cl2F3N2O2S. The number of phenolic OH excluding ortho intramolecular Hbond substituents is 1. The van der Waals surface area contributed by atoms with Gasteiger partial charge in [0, 0.05) is 5.02 Å². The van der Waals surface area contributed by atoms with Crippen molar-refractivity contribution in [2.45, 2.75) is 6.18 Å². The predicted molar refractivity (Wildman–Crippen MR) is 90.1 cm³/mol. The van der Waals surface area contributed by atoms with Crippen LogP contribution >= 0.6 is 36.0 Å². The van der Waals surface area contributed by atoms with Gasteiger partial charge in [-0.3, -0.25) is 0 Å². The normalized spacial score (nSPS) is 11.2. The maximum Gasteiger partial charge on any atom is 0.418 e. The summed E-state index contributed by atoms with van der Waals surface area (Å²) in [4.78, 5) is 12.1.